The van der Waals surface area contributed by atoms with Gasteiger partial charge in [0.2, 0.25) is 11.6 Å². The number of anilines is 2. The second kappa shape index (κ2) is 8.54. The summed E-state index contributed by atoms with van der Waals surface area (Å²) in [5, 5.41) is 21.6. The second-order valence-electron chi connectivity index (χ2n) is 5.19. The first kappa shape index (κ1) is 17.3. The normalized spacial score (nSPS) is 10.6. The third-order valence-corrected chi connectivity index (χ3v) is 5.37. The smallest absolute Gasteiger partial charge is 0.353 e. The van der Waals surface area contributed by atoms with Crippen LogP contribution in [-0.4, -0.2) is 28.0 Å². The number of nitrogens with zero attached hydrogens (tertiary/aromatic N) is 3. The van der Waals surface area contributed by atoms with E-state index in [1.807, 2.05) is 35.0 Å². The van der Waals surface area contributed by atoms with Crippen LogP contribution in [-0.2, 0) is 12.8 Å². The second-order valence-corrected chi connectivity index (χ2v) is 7.25. The molecule has 3 rings (SSSR count). The standard InChI is InChI=1S/C16H17N5O2S2/c22-21(23)14-15(17-7-5-12-3-1-9-24-12)19-11-20-16(14)18-8-6-13-4-2-10-25-13/h1-4,9-11H,5-8H2,(H2,17,18,19,20). The lowest BCUT2D eigenvalue weighted by Crippen LogP contribution is -2.12. The quantitative estimate of drug-likeness (QED) is 0.436. The molecule has 0 saturated heterocycles. The molecule has 0 spiro atoms. The van der Waals surface area contributed by atoms with Crippen molar-refractivity contribution in [1.82, 2.24) is 9.97 Å². The lowest BCUT2D eigenvalue weighted by atomic mass is 10.3. The molecule has 2 N–H and O–H groups in total. The third-order valence-electron chi connectivity index (χ3n) is 3.49. The molecule has 0 bridgehead atoms. The van der Waals surface area contributed by atoms with Crippen LogP contribution in [0.2, 0.25) is 0 Å². The number of nitro groups is 1. The average Bonchev–Trinajstić information content (AvgIpc) is 3.28. The summed E-state index contributed by atoms with van der Waals surface area (Å²) in [5.74, 6) is 0.491. The lowest BCUT2D eigenvalue weighted by Gasteiger charge is -2.09. The van der Waals surface area contributed by atoms with Gasteiger partial charge in [0.25, 0.3) is 0 Å². The minimum atomic E-state index is -0.444. The molecular formula is C16H17N5O2S2. The first-order chi connectivity index (χ1) is 12.2. The van der Waals surface area contributed by atoms with Crippen molar-refractivity contribution >= 4 is 40.0 Å². The number of nitrogens with one attached hydrogen (secondary N) is 2. The number of aromatic nitrogens is 2. The number of hydrogen-bond acceptors (Lipinski definition) is 8. The Morgan fingerprint density at radius 1 is 0.960 bits per heavy atom. The van der Waals surface area contributed by atoms with Gasteiger partial charge >= 0.3 is 5.69 Å². The topological polar surface area (TPSA) is 93.0 Å². The molecule has 0 aliphatic heterocycles. The predicted molar refractivity (Wildman–Crippen MR) is 102 cm³/mol. The van der Waals surface area contributed by atoms with E-state index >= 15 is 0 Å². The number of thiophene rings is 2. The number of hydrogen-bond donors (Lipinski definition) is 2. The maximum absolute atomic E-state index is 11.5. The van der Waals surface area contributed by atoms with Crippen LogP contribution < -0.4 is 10.6 Å². The highest BCUT2D eigenvalue weighted by atomic mass is 32.1. The van der Waals surface area contributed by atoms with Crippen LogP contribution in [0, 0.1) is 10.1 Å². The molecule has 3 aromatic heterocycles. The predicted octanol–water partition coefficient (Wildman–Crippen LogP) is 3.82. The maximum atomic E-state index is 11.5. The molecule has 0 fully saturated rings. The fraction of sp³-hybridized carbons (Fsp3) is 0.250. The van der Waals surface area contributed by atoms with Crippen molar-refractivity contribution < 1.29 is 4.92 Å². The van der Waals surface area contributed by atoms with E-state index in [4.69, 9.17) is 0 Å². The van der Waals surface area contributed by atoms with Crippen LogP contribution in [0.4, 0.5) is 17.3 Å². The first-order valence-electron chi connectivity index (χ1n) is 7.76. The molecule has 7 nitrogen and oxygen atoms in total. The molecule has 3 heterocycles. The van der Waals surface area contributed by atoms with E-state index in [0.717, 1.165) is 12.8 Å². The van der Waals surface area contributed by atoms with E-state index in [2.05, 4.69) is 20.6 Å². The summed E-state index contributed by atoms with van der Waals surface area (Å²) in [6, 6.07) is 8.06. The van der Waals surface area contributed by atoms with Gasteiger partial charge in [-0.15, -0.1) is 22.7 Å². The van der Waals surface area contributed by atoms with E-state index in [0.29, 0.717) is 13.1 Å². The Labute approximate surface area is 152 Å². The molecule has 0 aliphatic rings. The molecule has 0 unspecified atom stereocenters. The summed E-state index contributed by atoms with van der Waals surface area (Å²) < 4.78 is 0. The monoisotopic (exact) mass is 375 g/mol. The molecule has 3 aromatic rings. The van der Waals surface area contributed by atoms with Crippen LogP contribution in [0.15, 0.2) is 41.4 Å². The molecule has 0 atom stereocenters. The van der Waals surface area contributed by atoms with Gasteiger partial charge in [-0.05, 0) is 35.7 Å². The van der Waals surface area contributed by atoms with Crippen molar-refractivity contribution in [3.63, 3.8) is 0 Å². The van der Waals surface area contributed by atoms with E-state index in [9.17, 15) is 10.1 Å². The minimum absolute atomic E-state index is 0.111. The zero-order chi connectivity index (χ0) is 17.5. The van der Waals surface area contributed by atoms with Crippen molar-refractivity contribution in [2.45, 2.75) is 12.8 Å². The van der Waals surface area contributed by atoms with Crippen LogP contribution >= 0.6 is 22.7 Å². The van der Waals surface area contributed by atoms with Crippen molar-refractivity contribution in [1.29, 1.82) is 0 Å². The van der Waals surface area contributed by atoms with Gasteiger partial charge in [-0.1, -0.05) is 12.1 Å². The highest BCUT2D eigenvalue weighted by Gasteiger charge is 2.22. The van der Waals surface area contributed by atoms with E-state index in [1.54, 1.807) is 22.7 Å². The molecule has 0 amide bonds. The molecule has 0 aliphatic carbocycles. The first-order valence-corrected chi connectivity index (χ1v) is 9.52. The summed E-state index contributed by atoms with van der Waals surface area (Å²) in [6.07, 6.45) is 2.92. The third kappa shape index (κ3) is 4.74. The zero-order valence-corrected chi connectivity index (χ0v) is 15.0. The van der Waals surface area contributed by atoms with E-state index in [-0.39, 0.29) is 17.3 Å². The van der Waals surface area contributed by atoms with E-state index < -0.39 is 4.92 Å². The molecular weight excluding hydrogens is 358 g/mol. The fourth-order valence-electron chi connectivity index (χ4n) is 2.33. The zero-order valence-electron chi connectivity index (χ0n) is 13.3. The Bertz CT molecular complexity index is 748. The Kier molecular flexibility index (Phi) is 5.91. The fourth-order valence-corrected chi connectivity index (χ4v) is 3.75. The van der Waals surface area contributed by atoms with Gasteiger partial charge < -0.3 is 10.6 Å². The van der Waals surface area contributed by atoms with Crippen molar-refractivity contribution in [2.24, 2.45) is 0 Å². The summed E-state index contributed by atoms with van der Waals surface area (Å²) in [7, 11) is 0. The molecule has 9 heteroatoms. The summed E-state index contributed by atoms with van der Waals surface area (Å²) >= 11 is 3.33. The van der Waals surface area contributed by atoms with Gasteiger partial charge in [-0.3, -0.25) is 10.1 Å². The Hall–Kier alpha value is -2.52. The SMILES string of the molecule is O=[N+]([O-])c1c(NCCc2cccs2)ncnc1NCCc1cccs1. The van der Waals surface area contributed by atoms with Crippen LogP contribution in [0.5, 0.6) is 0 Å². The Morgan fingerprint density at radius 3 is 1.88 bits per heavy atom. The van der Waals surface area contributed by atoms with Gasteiger partial charge in [0.1, 0.15) is 6.33 Å². The van der Waals surface area contributed by atoms with Gasteiger partial charge in [0.15, 0.2) is 0 Å². The minimum Gasteiger partial charge on any atom is -0.364 e. The molecule has 0 aromatic carbocycles. The molecule has 25 heavy (non-hydrogen) atoms. The molecule has 0 saturated carbocycles. The highest BCUT2D eigenvalue weighted by molar-refractivity contribution is 7.10. The van der Waals surface area contributed by atoms with E-state index in [1.165, 1.54) is 16.1 Å². The Morgan fingerprint density at radius 2 is 1.48 bits per heavy atom. The van der Waals surface area contributed by atoms with Crippen LogP contribution in [0.25, 0.3) is 0 Å². The Balaban J connectivity index is 1.64. The van der Waals surface area contributed by atoms with Gasteiger partial charge in [-0.25, -0.2) is 9.97 Å². The molecule has 130 valence electrons. The summed E-state index contributed by atoms with van der Waals surface area (Å²) in [5.41, 5.74) is -0.111. The van der Waals surface area contributed by atoms with Crippen molar-refractivity contribution in [3.8, 4) is 0 Å². The van der Waals surface area contributed by atoms with Gasteiger partial charge in [0.05, 0.1) is 4.92 Å². The molecule has 0 radical (unpaired) electrons. The lowest BCUT2D eigenvalue weighted by molar-refractivity contribution is -0.383. The van der Waals surface area contributed by atoms with Gasteiger partial charge in [-0.2, -0.15) is 0 Å². The van der Waals surface area contributed by atoms with Crippen LogP contribution in [0.1, 0.15) is 9.75 Å². The maximum Gasteiger partial charge on any atom is 0.353 e. The summed E-state index contributed by atoms with van der Waals surface area (Å²) in [6.45, 7) is 1.15. The largest absolute Gasteiger partial charge is 0.364 e. The number of rotatable bonds is 9. The van der Waals surface area contributed by atoms with Gasteiger partial charge in [0, 0.05) is 22.8 Å². The highest BCUT2D eigenvalue weighted by Crippen LogP contribution is 2.28. The van der Waals surface area contributed by atoms with Crippen molar-refractivity contribution in [2.75, 3.05) is 23.7 Å². The summed E-state index contributed by atoms with van der Waals surface area (Å²) in [4.78, 5) is 21.6. The van der Waals surface area contributed by atoms with Crippen LogP contribution in [0.3, 0.4) is 0 Å². The van der Waals surface area contributed by atoms with Crippen molar-refractivity contribution in [3.05, 3.63) is 61.2 Å². The average molecular weight is 375 g/mol.